The second-order valence-corrected chi connectivity index (χ2v) is 8.26. The van der Waals surface area contributed by atoms with E-state index in [0.717, 1.165) is 37.5 Å². The molecule has 7 heteroatoms. The summed E-state index contributed by atoms with van der Waals surface area (Å²) >= 11 is 11.8. The average molecular weight is 434 g/mol. The van der Waals surface area contributed by atoms with E-state index in [1.807, 2.05) is 24.3 Å². The SMILES string of the molecule is CC(NC(=O)c1ccc(Cl)cc1)C(=O)NC1CCN(Cc2ccc(Cl)cc2)CC1. The molecule has 2 aromatic rings. The molecule has 0 radical (unpaired) electrons. The van der Waals surface area contributed by atoms with E-state index in [1.54, 1.807) is 31.2 Å². The molecule has 2 amide bonds. The summed E-state index contributed by atoms with van der Waals surface area (Å²) in [5.41, 5.74) is 1.71. The van der Waals surface area contributed by atoms with Crippen molar-refractivity contribution in [1.29, 1.82) is 0 Å². The van der Waals surface area contributed by atoms with Gasteiger partial charge in [0.2, 0.25) is 5.91 Å². The minimum atomic E-state index is -0.606. The van der Waals surface area contributed by atoms with Crippen LogP contribution in [0.5, 0.6) is 0 Å². The van der Waals surface area contributed by atoms with Gasteiger partial charge in [-0.05, 0) is 61.7 Å². The third kappa shape index (κ3) is 6.46. The van der Waals surface area contributed by atoms with Gasteiger partial charge in [0.15, 0.2) is 0 Å². The summed E-state index contributed by atoms with van der Waals surface area (Å²) in [5.74, 6) is -0.453. The molecule has 1 heterocycles. The number of likely N-dealkylation sites (tertiary alicyclic amines) is 1. The molecule has 2 N–H and O–H groups in total. The Morgan fingerprint density at radius 1 is 1.00 bits per heavy atom. The van der Waals surface area contributed by atoms with Crippen LogP contribution in [0.25, 0.3) is 0 Å². The number of carbonyl (C=O) groups is 2. The zero-order chi connectivity index (χ0) is 20.8. The lowest BCUT2D eigenvalue weighted by atomic mass is 10.0. The average Bonchev–Trinajstić information content (AvgIpc) is 2.71. The molecule has 154 valence electrons. The first kappa shape index (κ1) is 21.6. The molecule has 1 saturated heterocycles. The predicted octanol–water partition coefficient (Wildman–Crippen LogP) is 3.89. The Bertz CT molecular complexity index is 832. The Morgan fingerprint density at radius 2 is 1.55 bits per heavy atom. The van der Waals surface area contributed by atoms with Crippen LogP contribution in [0.4, 0.5) is 0 Å². The Hall–Kier alpha value is -2.08. The maximum atomic E-state index is 12.5. The van der Waals surface area contributed by atoms with E-state index < -0.39 is 6.04 Å². The molecular formula is C22H25Cl2N3O2. The van der Waals surface area contributed by atoms with Crippen LogP contribution >= 0.6 is 23.2 Å². The molecule has 1 unspecified atom stereocenters. The molecule has 0 spiro atoms. The molecular weight excluding hydrogens is 409 g/mol. The highest BCUT2D eigenvalue weighted by Gasteiger charge is 2.23. The number of nitrogens with zero attached hydrogens (tertiary/aromatic N) is 1. The van der Waals surface area contributed by atoms with E-state index in [2.05, 4.69) is 15.5 Å². The van der Waals surface area contributed by atoms with Gasteiger partial charge in [-0.15, -0.1) is 0 Å². The maximum Gasteiger partial charge on any atom is 0.251 e. The van der Waals surface area contributed by atoms with E-state index in [1.165, 1.54) is 5.56 Å². The van der Waals surface area contributed by atoms with Crippen LogP contribution in [0, 0.1) is 0 Å². The van der Waals surface area contributed by atoms with Gasteiger partial charge in [0.25, 0.3) is 5.91 Å². The van der Waals surface area contributed by atoms with Gasteiger partial charge in [-0.1, -0.05) is 35.3 Å². The minimum absolute atomic E-state index is 0.124. The summed E-state index contributed by atoms with van der Waals surface area (Å²) in [6, 6.07) is 14.0. The molecule has 1 atom stereocenters. The largest absolute Gasteiger partial charge is 0.351 e. The zero-order valence-electron chi connectivity index (χ0n) is 16.3. The monoisotopic (exact) mass is 433 g/mol. The van der Waals surface area contributed by atoms with Crippen LogP contribution in [0.2, 0.25) is 10.0 Å². The van der Waals surface area contributed by atoms with Crippen LogP contribution in [-0.4, -0.2) is 41.9 Å². The molecule has 0 aliphatic carbocycles. The topological polar surface area (TPSA) is 61.4 Å². The summed E-state index contributed by atoms with van der Waals surface area (Å²) in [5, 5.41) is 7.10. The highest BCUT2D eigenvalue weighted by molar-refractivity contribution is 6.30. The number of piperidine rings is 1. The molecule has 0 saturated carbocycles. The Labute approximate surface area is 181 Å². The molecule has 2 aromatic carbocycles. The molecule has 1 fully saturated rings. The first-order valence-corrected chi connectivity index (χ1v) is 10.5. The van der Waals surface area contributed by atoms with E-state index in [-0.39, 0.29) is 17.9 Å². The first-order chi connectivity index (χ1) is 13.9. The lowest BCUT2D eigenvalue weighted by Crippen LogP contribution is -2.51. The predicted molar refractivity (Wildman–Crippen MR) is 116 cm³/mol. The van der Waals surface area contributed by atoms with Crippen LogP contribution in [0.15, 0.2) is 48.5 Å². The normalized spacial score (nSPS) is 16.2. The third-order valence-corrected chi connectivity index (χ3v) is 5.60. The number of carbonyl (C=O) groups excluding carboxylic acids is 2. The van der Waals surface area contributed by atoms with Gasteiger partial charge in [0.1, 0.15) is 6.04 Å². The standard InChI is InChI=1S/C22H25Cl2N3O2/c1-15(25-22(29)17-4-8-19(24)9-5-17)21(28)26-20-10-12-27(13-11-20)14-16-2-6-18(23)7-3-16/h2-9,15,20H,10-14H2,1H3,(H,25,29)(H,26,28). The van der Waals surface area contributed by atoms with Gasteiger partial charge in [-0.2, -0.15) is 0 Å². The van der Waals surface area contributed by atoms with Crippen molar-refractivity contribution in [2.45, 2.75) is 38.4 Å². The van der Waals surface area contributed by atoms with Gasteiger partial charge in [0.05, 0.1) is 0 Å². The lowest BCUT2D eigenvalue weighted by Gasteiger charge is -2.33. The Balaban J connectivity index is 1.42. The summed E-state index contributed by atoms with van der Waals surface area (Å²) in [6.07, 6.45) is 1.77. The molecule has 1 aliphatic rings. The van der Waals surface area contributed by atoms with Crippen molar-refractivity contribution in [2.24, 2.45) is 0 Å². The zero-order valence-corrected chi connectivity index (χ0v) is 17.8. The number of benzene rings is 2. The van der Waals surface area contributed by atoms with Crippen molar-refractivity contribution < 1.29 is 9.59 Å². The summed E-state index contributed by atoms with van der Waals surface area (Å²) < 4.78 is 0. The molecule has 5 nitrogen and oxygen atoms in total. The number of nitrogens with one attached hydrogen (secondary N) is 2. The van der Waals surface area contributed by atoms with Gasteiger partial charge < -0.3 is 10.6 Å². The van der Waals surface area contributed by atoms with Crippen LogP contribution in [0.1, 0.15) is 35.7 Å². The quantitative estimate of drug-likeness (QED) is 0.725. The van der Waals surface area contributed by atoms with E-state index in [0.29, 0.717) is 10.6 Å². The second-order valence-electron chi connectivity index (χ2n) is 7.39. The van der Waals surface area contributed by atoms with Gasteiger partial charge in [-0.3, -0.25) is 14.5 Å². The number of halogens is 2. The van der Waals surface area contributed by atoms with Crippen molar-refractivity contribution >= 4 is 35.0 Å². The molecule has 0 bridgehead atoms. The van der Waals surface area contributed by atoms with Crippen molar-refractivity contribution in [3.8, 4) is 0 Å². The lowest BCUT2D eigenvalue weighted by molar-refractivity contribution is -0.123. The molecule has 1 aliphatic heterocycles. The van der Waals surface area contributed by atoms with Gasteiger partial charge in [-0.25, -0.2) is 0 Å². The van der Waals surface area contributed by atoms with Crippen molar-refractivity contribution in [3.05, 3.63) is 69.7 Å². The highest BCUT2D eigenvalue weighted by Crippen LogP contribution is 2.16. The van der Waals surface area contributed by atoms with Gasteiger partial charge in [0, 0.05) is 41.3 Å². The van der Waals surface area contributed by atoms with E-state index in [4.69, 9.17) is 23.2 Å². The Morgan fingerprint density at radius 3 is 2.14 bits per heavy atom. The van der Waals surface area contributed by atoms with Crippen molar-refractivity contribution in [1.82, 2.24) is 15.5 Å². The number of rotatable bonds is 6. The summed E-state index contributed by atoms with van der Waals surface area (Å²) in [7, 11) is 0. The van der Waals surface area contributed by atoms with Crippen molar-refractivity contribution in [2.75, 3.05) is 13.1 Å². The number of amides is 2. The maximum absolute atomic E-state index is 12.5. The fourth-order valence-electron chi connectivity index (χ4n) is 3.36. The number of hydrogen-bond acceptors (Lipinski definition) is 3. The molecule has 29 heavy (non-hydrogen) atoms. The smallest absolute Gasteiger partial charge is 0.251 e. The third-order valence-electron chi connectivity index (χ3n) is 5.10. The summed E-state index contributed by atoms with van der Waals surface area (Å²) in [4.78, 5) is 27.1. The van der Waals surface area contributed by atoms with E-state index >= 15 is 0 Å². The Kier molecular flexibility index (Phi) is 7.53. The van der Waals surface area contributed by atoms with Crippen LogP contribution < -0.4 is 10.6 Å². The fraction of sp³-hybridized carbons (Fsp3) is 0.364. The minimum Gasteiger partial charge on any atom is -0.351 e. The fourth-order valence-corrected chi connectivity index (χ4v) is 3.61. The number of hydrogen-bond donors (Lipinski definition) is 2. The molecule has 3 rings (SSSR count). The van der Waals surface area contributed by atoms with Crippen molar-refractivity contribution in [3.63, 3.8) is 0 Å². The highest BCUT2D eigenvalue weighted by atomic mass is 35.5. The summed E-state index contributed by atoms with van der Waals surface area (Å²) in [6.45, 7) is 4.41. The van der Waals surface area contributed by atoms with Gasteiger partial charge >= 0.3 is 0 Å². The van der Waals surface area contributed by atoms with Crippen LogP contribution in [0.3, 0.4) is 0 Å². The first-order valence-electron chi connectivity index (χ1n) is 9.74. The van der Waals surface area contributed by atoms with E-state index in [9.17, 15) is 9.59 Å². The van der Waals surface area contributed by atoms with Crippen LogP contribution in [-0.2, 0) is 11.3 Å². The molecule has 0 aromatic heterocycles. The second kappa shape index (κ2) is 10.1.